The molecule has 8 heteroatoms. The molecule has 1 aliphatic rings. The van der Waals surface area contributed by atoms with E-state index in [2.05, 4.69) is 9.97 Å². The summed E-state index contributed by atoms with van der Waals surface area (Å²) in [5.74, 6) is 0.274. The van der Waals surface area contributed by atoms with Gasteiger partial charge in [0.05, 0.1) is 15.3 Å². The highest BCUT2D eigenvalue weighted by Gasteiger charge is 2.20. The van der Waals surface area contributed by atoms with Crippen molar-refractivity contribution >= 4 is 50.0 Å². The number of hydrogen-bond donors (Lipinski definition) is 1. The normalized spacial score (nSPS) is 14.4. The molecule has 0 atom stereocenters. The maximum absolute atomic E-state index is 12.6. The minimum Gasteiger partial charge on any atom is -0.305 e. The highest BCUT2D eigenvalue weighted by molar-refractivity contribution is 7.18. The minimum atomic E-state index is -0.428. The summed E-state index contributed by atoms with van der Waals surface area (Å²) in [4.78, 5) is 32.5. The molecule has 1 N–H and O–H groups in total. The Kier molecular flexibility index (Phi) is 4.57. The zero-order valence-corrected chi connectivity index (χ0v) is 16.1. The first-order chi connectivity index (χ1) is 12.9. The van der Waals surface area contributed by atoms with Gasteiger partial charge in [0.1, 0.15) is 4.83 Å². The Morgan fingerprint density at radius 2 is 2.15 bits per heavy atom. The van der Waals surface area contributed by atoms with Crippen LogP contribution in [0.2, 0.25) is 0 Å². The van der Waals surface area contributed by atoms with E-state index in [1.165, 1.54) is 10.9 Å². The fourth-order valence-corrected chi connectivity index (χ4v) is 4.88. The maximum Gasteiger partial charge on any atom is 0.272 e. The van der Waals surface area contributed by atoms with E-state index in [0.717, 1.165) is 31.2 Å². The number of aromatic nitrogens is 2. The summed E-state index contributed by atoms with van der Waals surface area (Å²) in [7, 11) is 0. The number of halogens is 1. The quantitative estimate of drug-likeness (QED) is 0.503. The third kappa shape index (κ3) is 3.28. The Morgan fingerprint density at radius 3 is 2.93 bits per heavy atom. The summed E-state index contributed by atoms with van der Waals surface area (Å²) < 4.78 is 0. The monoisotopic (exact) mass is 401 g/mol. The van der Waals surface area contributed by atoms with E-state index in [9.17, 15) is 14.9 Å². The Balaban J connectivity index is 1.78. The standard InChI is InChI=1S/C19H16ClN3O3S/c1-10-6-7-11(9-14(10)23(25)26)8-13(20)17-21-18(24)16-12-4-2-3-5-15(12)27-19(16)22-17/h6-9H,2-5H2,1H3,(H,21,22,24)/b13-8-. The van der Waals surface area contributed by atoms with Gasteiger partial charge < -0.3 is 4.98 Å². The molecule has 27 heavy (non-hydrogen) atoms. The van der Waals surface area contributed by atoms with Crippen molar-refractivity contribution < 1.29 is 4.92 Å². The van der Waals surface area contributed by atoms with Gasteiger partial charge in [-0.1, -0.05) is 23.7 Å². The lowest BCUT2D eigenvalue weighted by molar-refractivity contribution is -0.385. The second kappa shape index (κ2) is 6.90. The van der Waals surface area contributed by atoms with Crippen molar-refractivity contribution in [2.24, 2.45) is 0 Å². The molecule has 1 aromatic carbocycles. The predicted molar refractivity (Wildman–Crippen MR) is 108 cm³/mol. The Hall–Kier alpha value is -2.51. The molecule has 2 heterocycles. The maximum atomic E-state index is 12.6. The van der Waals surface area contributed by atoms with Crippen molar-refractivity contribution in [2.45, 2.75) is 32.6 Å². The van der Waals surface area contributed by atoms with Crippen LogP contribution in [0, 0.1) is 17.0 Å². The first kappa shape index (κ1) is 17.9. The van der Waals surface area contributed by atoms with Crippen molar-refractivity contribution in [1.29, 1.82) is 0 Å². The topological polar surface area (TPSA) is 88.9 Å². The van der Waals surface area contributed by atoms with Gasteiger partial charge in [-0.25, -0.2) is 4.98 Å². The molecule has 0 radical (unpaired) electrons. The van der Waals surface area contributed by atoms with Gasteiger partial charge in [-0.3, -0.25) is 14.9 Å². The molecule has 0 amide bonds. The Bertz CT molecular complexity index is 1160. The van der Waals surface area contributed by atoms with Crippen LogP contribution in [0.15, 0.2) is 23.0 Å². The molecular weight excluding hydrogens is 386 g/mol. The van der Waals surface area contributed by atoms with E-state index in [4.69, 9.17) is 11.6 Å². The molecule has 0 spiro atoms. The van der Waals surface area contributed by atoms with Gasteiger partial charge in [-0.2, -0.15) is 0 Å². The van der Waals surface area contributed by atoms with Gasteiger partial charge >= 0.3 is 0 Å². The average molecular weight is 402 g/mol. The lowest BCUT2D eigenvalue weighted by Gasteiger charge is -2.09. The molecule has 3 aromatic rings. The number of nitrogens with one attached hydrogen (secondary N) is 1. The molecule has 0 saturated carbocycles. The third-order valence-electron chi connectivity index (χ3n) is 4.77. The summed E-state index contributed by atoms with van der Waals surface area (Å²) in [5.41, 5.74) is 2.11. The van der Waals surface area contributed by atoms with E-state index in [0.29, 0.717) is 21.3 Å². The number of hydrogen-bond acceptors (Lipinski definition) is 5. The number of nitro groups is 1. The van der Waals surface area contributed by atoms with Gasteiger partial charge in [0.25, 0.3) is 11.2 Å². The lowest BCUT2D eigenvalue weighted by Crippen LogP contribution is -2.12. The summed E-state index contributed by atoms with van der Waals surface area (Å²) in [5, 5.41) is 12.0. The van der Waals surface area contributed by atoms with Gasteiger partial charge in [0.15, 0.2) is 5.82 Å². The second-order valence-electron chi connectivity index (χ2n) is 6.60. The van der Waals surface area contributed by atoms with Crippen LogP contribution in [-0.2, 0) is 12.8 Å². The third-order valence-corrected chi connectivity index (χ3v) is 6.25. The molecular formula is C19H16ClN3O3S. The molecule has 4 rings (SSSR count). The van der Waals surface area contributed by atoms with E-state index < -0.39 is 4.92 Å². The van der Waals surface area contributed by atoms with Crippen LogP contribution < -0.4 is 5.56 Å². The number of nitro benzene ring substituents is 1. The fourth-order valence-electron chi connectivity index (χ4n) is 3.40. The number of benzene rings is 1. The fraction of sp³-hybridized carbons (Fsp3) is 0.263. The van der Waals surface area contributed by atoms with Crippen molar-refractivity contribution in [1.82, 2.24) is 9.97 Å². The van der Waals surface area contributed by atoms with Crippen molar-refractivity contribution in [3.63, 3.8) is 0 Å². The van der Waals surface area contributed by atoms with Crippen molar-refractivity contribution in [3.05, 3.63) is 66.1 Å². The number of H-pyrrole nitrogens is 1. The van der Waals surface area contributed by atoms with Crippen LogP contribution in [-0.4, -0.2) is 14.9 Å². The highest BCUT2D eigenvalue weighted by atomic mass is 35.5. The number of thiophene rings is 1. The molecule has 0 aliphatic heterocycles. The zero-order valence-electron chi connectivity index (χ0n) is 14.5. The predicted octanol–water partition coefficient (Wildman–Crippen LogP) is 4.82. The zero-order chi connectivity index (χ0) is 19.1. The van der Waals surface area contributed by atoms with Crippen LogP contribution in [0.4, 0.5) is 5.69 Å². The molecule has 6 nitrogen and oxygen atoms in total. The number of aromatic amines is 1. The lowest BCUT2D eigenvalue weighted by atomic mass is 9.97. The molecule has 0 saturated heterocycles. The average Bonchev–Trinajstić information content (AvgIpc) is 3.02. The Labute approximate surface area is 163 Å². The Morgan fingerprint density at radius 1 is 1.37 bits per heavy atom. The van der Waals surface area contributed by atoms with E-state index in [-0.39, 0.29) is 22.1 Å². The van der Waals surface area contributed by atoms with Crippen LogP contribution in [0.25, 0.3) is 21.3 Å². The van der Waals surface area contributed by atoms with Crippen LogP contribution in [0.1, 0.15) is 40.2 Å². The van der Waals surface area contributed by atoms with E-state index in [1.54, 1.807) is 36.5 Å². The van der Waals surface area contributed by atoms with Gasteiger partial charge in [-0.15, -0.1) is 11.3 Å². The molecule has 1 aliphatic carbocycles. The van der Waals surface area contributed by atoms with Crippen LogP contribution >= 0.6 is 22.9 Å². The molecule has 138 valence electrons. The first-order valence-corrected chi connectivity index (χ1v) is 9.80. The van der Waals surface area contributed by atoms with Crippen molar-refractivity contribution in [3.8, 4) is 0 Å². The number of fused-ring (bicyclic) bond motifs is 3. The smallest absolute Gasteiger partial charge is 0.272 e. The SMILES string of the molecule is Cc1ccc(/C=C(\Cl)c2nc3sc4c(c3c(=O)[nH]2)CCCC4)cc1[N+](=O)[O-]. The van der Waals surface area contributed by atoms with Crippen LogP contribution in [0.3, 0.4) is 0 Å². The molecule has 2 aromatic heterocycles. The largest absolute Gasteiger partial charge is 0.305 e. The van der Waals surface area contributed by atoms with E-state index in [1.807, 2.05) is 0 Å². The molecule has 0 bridgehead atoms. The van der Waals surface area contributed by atoms with E-state index >= 15 is 0 Å². The molecule has 0 fully saturated rings. The summed E-state index contributed by atoms with van der Waals surface area (Å²) >= 11 is 7.93. The van der Waals surface area contributed by atoms with Gasteiger partial charge in [-0.05, 0) is 49.8 Å². The summed E-state index contributed by atoms with van der Waals surface area (Å²) in [6.07, 6.45) is 5.70. The first-order valence-electron chi connectivity index (χ1n) is 8.61. The van der Waals surface area contributed by atoms with Crippen LogP contribution in [0.5, 0.6) is 0 Å². The van der Waals surface area contributed by atoms with Gasteiger partial charge in [0.2, 0.25) is 0 Å². The van der Waals surface area contributed by atoms with Crippen molar-refractivity contribution in [2.75, 3.05) is 0 Å². The van der Waals surface area contributed by atoms with Gasteiger partial charge in [0, 0.05) is 16.5 Å². The molecule has 0 unspecified atom stereocenters. The summed E-state index contributed by atoms with van der Waals surface area (Å²) in [6.45, 7) is 1.68. The highest BCUT2D eigenvalue weighted by Crippen LogP contribution is 2.34. The minimum absolute atomic E-state index is 0.0241. The number of aryl methyl sites for hydroxylation is 3. The summed E-state index contributed by atoms with van der Waals surface area (Å²) in [6, 6.07) is 4.87. The second-order valence-corrected chi connectivity index (χ2v) is 8.09. The number of nitrogens with zero attached hydrogens (tertiary/aromatic N) is 2. The number of rotatable bonds is 3.